The third kappa shape index (κ3) is 3.39. The summed E-state index contributed by atoms with van der Waals surface area (Å²) in [5, 5.41) is 3.48. The van der Waals surface area contributed by atoms with Crippen molar-refractivity contribution < 1.29 is 8.42 Å². The van der Waals surface area contributed by atoms with Crippen molar-refractivity contribution in [2.45, 2.75) is 63.7 Å². The standard InChI is InChI=1S/C13H24N4O2S/c1-4-17-9-13(15-11(17)3)20(18,19)16-10(2)12-7-5-6-8-14-12/h9-10,12,14,16H,4-8H2,1-3H3. The normalized spacial score (nSPS) is 21.9. The van der Waals surface area contributed by atoms with Crippen molar-refractivity contribution in [3.63, 3.8) is 0 Å². The molecule has 0 saturated carbocycles. The first-order chi connectivity index (χ1) is 9.44. The van der Waals surface area contributed by atoms with E-state index in [1.54, 1.807) is 6.20 Å². The van der Waals surface area contributed by atoms with Gasteiger partial charge in [0.25, 0.3) is 10.0 Å². The molecule has 2 heterocycles. The number of piperidine rings is 1. The number of hydrogen-bond donors (Lipinski definition) is 2. The molecule has 2 N–H and O–H groups in total. The Kier molecular flexibility index (Phi) is 4.82. The lowest BCUT2D eigenvalue weighted by Gasteiger charge is -2.29. The summed E-state index contributed by atoms with van der Waals surface area (Å²) in [6.07, 6.45) is 4.91. The van der Waals surface area contributed by atoms with Gasteiger partial charge in [0.15, 0.2) is 5.03 Å². The lowest BCUT2D eigenvalue weighted by molar-refractivity contribution is 0.347. The second-order valence-corrected chi connectivity index (χ2v) is 7.04. The Bertz CT molecular complexity index is 547. The topological polar surface area (TPSA) is 76.0 Å². The van der Waals surface area contributed by atoms with Crippen LogP contribution in [-0.4, -0.2) is 36.6 Å². The summed E-state index contributed by atoms with van der Waals surface area (Å²) in [7, 11) is -3.54. The number of aryl methyl sites for hydroxylation is 2. The number of imidazole rings is 1. The highest BCUT2D eigenvalue weighted by atomic mass is 32.2. The summed E-state index contributed by atoms with van der Waals surface area (Å²) in [5.74, 6) is 0.719. The molecule has 0 aliphatic carbocycles. The lowest BCUT2D eigenvalue weighted by Crippen LogP contribution is -2.50. The van der Waals surface area contributed by atoms with E-state index in [0.29, 0.717) is 6.54 Å². The highest BCUT2D eigenvalue weighted by molar-refractivity contribution is 7.89. The van der Waals surface area contributed by atoms with Crippen molar-refractivity contribution in [3.8, 4) is 0 Å². The molecule has 1 aliphatic heterocycles. The Morgan fingerprint density at radius 3 is 2.85 bits per heavy atom. The molecule has 114 valence electrons. The third-order valence-corrected chi connectivity index (χ3v) is 5.29. The molecule has 1 aromatic rings. The summed E-state index contributed by atoms with van der Waals surface area (Å²) in [5.41, 5.74) is 0. The first kappa shape index (κ1) is 15.5. The molecule has 0 radical (unpaired) electrons. The van der Waals surface area contributed by atoms with E-state index < -0.39 is 10.0 Å². The average molecular weight is 300 g/mol. The van der Waals surface area contributed by atoms with Crippen LogP contribution in [0.15, 0.2) is 11.2 Å². The maximum atomic E-state index is 12.4. The van der Waals surface area contributed by atoms with E-state index >= 15 is 0 Å². The highest BCUT2D eigenvalue weighted by Gasteiger charge is 2.26. The average Bonchev–Trinajstić information content (AvgIpc) is 2.81. The van der Waals surface area contributed by atoms with Gasteiger partial charge < -0.3 is 9.88 Å². The molecule has 7 heteroatoms. The minimum atomic E-state index is -3.54. The van der Waals surface area contributed by atoms with Crippen molar-refractivity contribution in [1.82, 2.24) is 19.6 Å². The third-order valence-electron chi connectivity index (χ3n) is 3.86. The molecule has 0 spiro atoms. The van der Waals surface area contributed by atoms with Crippen LogP contribution in [0.3, 0.4) is 0 Å². The van der Waals surface area contributed by atoms with Crippen LogP contribution in [0.5, 0.6) is 0 Å². The van der Waals surface area contributed by atoms with Gasteiger partial charge >= 0.3 is 0 Å². The number of aromatic nitrogens is 2. The van der Waals surface area contributed by atoms with Crippen molar-refractivity contribution in [2.24, 2.45) is 0 Å². The van der Waals surface area contributed by atoms with Gasteiger partial charge in [-0.05, 0) is 40.2 Å². The minimum Gasteiger partial charge on any atom is -0.334 e. The van der Waals surface area contributed by atoms with Crippen LogP contribution in [0.2, 0.25) is 0 Å². The number of hydrogen-bond acceptors (Lipinski definition) is 4. The Morgan fingerprint density at radius 2 is 2.30 bits per heavy atom. The molecule has 1 fully saturated rings. The van der Waals surface area contributed by atoms with E-state index in [1.165, 1.54) is 0 Å². The Labute approximate surface area is 121 Å². The maximum absolute atomic E-state index is 12.4. The predicted octanol–water partition coefficient (Wildman–Crippen LogP) is 1.02. The minimum absolute atomic E-state index is 0.111. The van der Waals surface area contributed by atoms with Crippen molar-refractivity contribution in [2.75, 3.05) is 6.54 Å². The molecule has 0 bridgehead atoms. The maximum Gasteiger partial charge on any atom is 0.259 e. The van der Waals surface area contributed by atoms with E-state index in [4.69, 9.17) is 0 Å². The fourth-order valence-electron chi connectivity index (χ4n) is 2.62. The van der Waals surface area contributed by atoms with E-state index in [1.807, 2.05) is 25.3 Å². The fraction of sp³-hybridized carbons (Fsp3) is 0.769. The summed E-state index contributed by atoms with van der Waals surface area (Å²) in [6.45, 7) is 7.36. The second kappa shape index (κ2) is 6.24. The largest absolute Gasteiger partial charge is 0.334 e. The van der Waals surface area contributed by atoms with Crippen molar-refractivity contribution >= 4 is 10.0 Å². The van der Waals surface area contributed by atoms with Gasteiger partial charge in [-0.15, -0.1) is 0 Å². The first-order valence-electron chi connectivity index (χ1n) is 7.23. The van der Waals surface area contributed by atoms with Gasteiger partial charge in [-0.2, -0.15) is 0 Å². The fourth-order valence-corrected chi connectivity index (χ4v) is 3.91. The van der Waals surface area contributed by atoms with Gasteiger partial charge in [0.1, 0.15) is 5.82 Å². The molecule has 1 saturated heterocycles. The van der Waals surface area contributed by atoms with E-state index in [0.717, 1.165) is 31.6 Å². The Balaban J connectivity index is 2.09. The van der Waals surface area contributed by atoms with Crippen LogP contribution in [0.25, 0.3) is 0 Å². The van der Waals surface area contributed by atoms with Gasteiger partial charge in [0.2, 0.25) is 0 Å². The number of nitrogens with zero attached hydrogens (tertiary/aromatic N) is 2. The van der Waals surface area contributed by atoms with Gasteiger partial charge in [-0.3, -0.25) is 0 Å². The molecule has 1 aliphatic rings. The smallest absolute Gasteiger partial charge is 0.259 e. The van der Waals surface area contributed by atoms with Gasteiger partial charge in [-0.1, -0.05) is 6.42 Å². The number of rotatable bonds is 5. The molecule has 6 nitrogen and oxygen atoms in total. The summed E-state index contributed by atoms with van der Waals surface area (Å²) < 4.78 is 29.3. The van der Waals surface area contributed by atoms with Crippen LogP contribution in [0.4, 0.5) is 0 Å². The van der Waals surface area contributed by atoms with Gasteiger partial charge in [-0.25, -0.2) is 18.1 Å². The summed E-state index contributed by atoms with van der Waals surface area (Å²) in [6, 6.07) is 0.0697. The lowest BCUT2D eigenvalue weighted by atomic mass is 10.00. The summed E-state index contributed by atoms with van der Waals surface area (Å²) in [4.78, 5) is 4.14. The molecular formula is C13H24N4O2S. The highest BCUT2D eigenvalue weighted by Crippen LogP contribution is 2.14. The molecule has 20 heavy (non-hydrogen) atoms. The number of sulfonamides is 1. The zero-order valence-electron chi connectivity index (χ0n) is 12.4. The SMILES string of the molecule is CCn1cc(S(=O)(=O)NC(C)C2CCCCN2)nc1C. The van der Waals surface area contributed by atoms with Crippen LogP contribution < -0.4 is 10.0 Å². The van der Waals surface area contributed by atoms with Crippen molar-refractivity contribution in [1.29, 1.82) is 0 Å². The van der Waals surface area contributed by atoms with E-state index in [2.05, 4.69) is 15.0 Å². The Morgan fingerprint density at radius 1 is 1.55 bits per heavy atom. The zero-order chi connectivity index (χ0) is 14.8. The second-order valence-electron chi connectivity index (χ2n) is 5.38. The van der Waals surface area contributed by atoms with Gasteiger partial charge in [0.05, 0.1) is 0 Å². The van der Waals surface area contributed by atoms with E-state index in [9.17, 15) is 8.42 Å². The Hall–Kier alpha value is -0.920. The molecule has 0 aromatic carbocycles. The van der Waals surface area contributed by atoms with E-state index in [-0.39, 0.29) is 17.1 Å². The monoisotopic (exact) mass is 300 g/mol. The number of nitrogens with one attached hydrogen (secondary N) is 2. The molecular weight excluding hydrogens is 276 g/mol. The van der Waals surface area contributed by atoms with Crippen LogP contribution >= 0.6 is 0 Å². The molecule has 1 aromatic heterocycles. The quantitative estimate of drug-likeness (QED) is 0.851. The zero-order valence-corrected chi connectivity index (χ0v) is 13.2. The molecule has 2 atom stereocenters. The van der Waals surface area contributed by atoms with Gasteiger partial charge in [0, 0.05) is 24.8 Å². The molecule has 0 amide bonds. The van der Waals surface area contributed by atoms with Crippen LogP contribution in [0.1, 0.15) is 38.9 Å². The summed E-state index contributed by atoms with van der Waals surface area (Å²) >= 11 is 0. The van der Waals surface area contributed by atoms with Crippen LogP contribution in [0, 0.1) is 6.92 Å². The molecule has 2 rings (SSSR count). The van der Waals surface area contributed by atoms with Crippen molar-refractivity contribution in [3.05, 3.63) is 12.0 Å². The molecule has 2 unspecified atom stereocenters. The first-order valence-corrected chi connectivity index (χ1v) is 8.72. The van der Waals surface area contributed by atoms with Crippen LogP contribution in [-0.2, 0) is 16.6 Å². The predicted molar refractivity (Wildman–Crippen MR) is 78.1 cm³/mol.